The Hall–Kier alpha value is -1.23. The molecular weight excluding hydrogens is 280 g/mol. The highest BCUT2D eigenvalue weighted by molar-refractivity contribution is 7.09. The van der Waals surface area contributed by atoms with Gasteiger partial charge < -0.3 is 10.1 Å². The van der Waals surface area contributed by atoms with E-state index in [1.807, 2.05) is 11.7 Å². The second-order valence-electron chi connectivity index (χ2n) is 5.47. The van der Waals surface area contributed by atoms with Gasteiger partial charge >= 0.3 is 0 Å². The predicted octanol–water partition coefficient (Wildman–Crippen LogP) is 3.37. The first-order valence-corrected chi connectivity index (χ1v) is 8.56. The fraction of sp³-hybridized carbons (Fsp3) is 0.471. The fourth-order valence-corrected chi connectivity index (χ4v) is 3.59. The lowest BCUT2D eigenvalue weighted by atomic mass is 9.91. The normalized spacial score (nSPS) is 19.2. The van der Waals surface area contributed by atoms with E-state index in [2.05, 4.69) is 41.5 Å². The van der Waals surface area contributed by atoms with E-state index in [0.717, 1.165) is 32.4 Å². The summed E-state index contributed by atoms with van der Waals surface area (Å²) < 4.78 is 6.13. The Kier molecular flexibility index (Phi) is 5.01. The van der Waals surface area contributed by atoms with Crippen LogP contribution >= 0.6 is 11.3 Å². The van der Waals surface area contributed by atoms with Crippen LogP contribution in [0.5, 0.6) is 0 Å². The summed E-state index contributed by atoms with van der Waals surface area (Å²) in [5, 5.41) is 3.67. The highest BCUT2D eigenvalue weighted by Gasteiger charge is 2.28. The quantitative estimate of drug-likeness (QED) is 0.888. The summed E-state index contributed by atoms with van der Waals surface area (Å²) in [6, 6.07) is 9.00. The van der Waals surface area contributed by atoms with E-state index in [1.165, 1.54) is 16.0 Å². The van der Waals surface area contributed by atoms with E-state index < -0.39 is 0 Å². The molecule has 0 amide bonds. The molecule has 3 nitrogen and oxygen atoms in total. The van der Waals surface area contributed by atoms with Crippen LogP contribution in [0.1, 0.15) is 35.5 Å². The van der Waals surface area contributed by atoms with Gasteiger partial charge in [0.25, 0.3) is 0 Å². The van der Waals surface area contributed by atoms with Crippen molar-refractivity contribution in [1.29, 1.82) is 0 Å². The first-order chi connectivity index (χ1) is 10.4. The molecule has 0 saturated carbocycles. The number of rotatable bonds is 6. The number of nitrogens with zero attached hydrogens (tertiary/aromatic N) is 1. The van der Waals surface area contributed by atoms with Crippen LogP contribution in [0.15, 0.2) is 36.0 Å². The second kappa shape index (κ2) is 7.16. The Labute approximate surface area is 130 Å². The van der Waals surface area contributed by atoms with Gasteiger partial charge in [-0.1, -0.05) is 31.2 Å². The van der Waals surface area contributed by atoms with Crippen molar-refractivity contribution in [3.63, 3.8) is 0 Å². The molecule has 1 aromatic heterocycles. The molecule has 0 saturated heterocycles. The maximum absolute atomic E-state index is 6.13. The molecule has 2 aromatic rings. The third-order valence-corrected chi connectivity index (χ3v) is 4.76. The van der Waals surface area contributed by atoms with Gasteiger partial charge in [-0.2, -0.15) is 0 Å². The number of aromatic nitrogens is 1. The van der Waals surface area contributed by atoms with E-state index in [0.29, 0.717) is 6.04 Å². The monoisotopic (exact) mass is 302 g/mol. The zero-order valence-corrected chi connectivity index (χ0v) is 13.2. The largest absolute Gasteiger partial charge is 0.372 e. The molecule has 21 heavy (non-hydrogen) atoms. The molecule has 2 unspecified atom stereocenters. The van der Waals surface area contributed by atoms with Crippen LogP contribution in [-0.4, -0.2) is 24.2 Å². The van der Waals surface area contributed by atoms with E-state index >= 15 is 0 Å². The van der Waals surface area contributed by atoms with Gasteiger partial charge in [0, 0.05) is 23.5 Å². The lowest BCUT2D eigenvalue weighted by Gasteiger charge is -2.33. The van der Waals surface area contributed by atoms with Crippen molar-refractivity contribution in [3.8, 4) is 0 Å². The summed E-state index contributed by atoms with van der Waals surface area (Å²) >= 11 is 1.72. The summed E-state index contributed by atoms with van der Waals surface area (Å²) in [7, 11) is 0. The molecule has 1 aliphatic heterocycles. The Bertz CT molecular complexity index is 556. The number of ether oxygens (including phenoxy) is 1. The fourth-order valence-electron chi connectivity index (χ4n) is 2.93. The van der Waals surface area contributed by atoms with Crippen LogP contribution < -0.4 is 5.32 Å². The molecule has 0 fully saturated rings. The van der Waals surface area contributed by atoms with E-state index in [1.54, 1.807) is 11.3 Å². The van der Waals surface area contributed by atoms with Gasteiger partial charge in [0.05, 0.1) is 18.2 Å². The van der Waals surface area contributed by atoms with Crippen molar-refractivity contribution in [2.45, 2.75) is 38.3 Å². The summed E-state index contributed by atoms with van der Waals surface area (Å²) in [5.41, 5.74) is 4.69. The molecule has 0 aliphatic carbocycles. The van der Waals surface area contributed by atoms with Gasteiger partial charge in [0.15, 0.2) is 0 Å². The Morgan fingerprint density at radius 3 is 3.14 bits per heavy atom. The number of hydrogen-bond acceptors (Lipinski definition) is 4. The molecular formula is C17H22N2OS. The van der Waals surface area contributed by atoms with Crippen molar-refractivity contribution in [2.75, 3.05) is 13.2 Å². The van der Waals surface area contributed by atoms with Gasteiger partial charge in [-0.3, -0.25) is 4.98 Å². The van der Waals surface area contributed by atoms with Gasteiger partial charge in [0.1, 0.15) is 0 Å². The topological polar surface area (TPSA) is 34.2 Å². The third kappa shape index (κ3) is 3.51. The van der Waals surface area contributed by atoms with Crippen LogP contribution in [0.3, 0.4) is 0 Å². The lowest BCUT2D eigenvalue weighted by molar-refractivity contribution is 0.0156. The summed E-state index contributed by atoms with van der Waals surface area (Å²) in [5.74, 6) is 0. The van der Waals surface area contributed by atoms with Crippen molar-refractivity contribution < 1.29 is 4.74 Å². The zero-order chi connectivity index (χ0) is 14.5. The summed E-state index contributed by atoms with van der Waals surface area (Å²) in [6.45, 7) is 4.03. The molecule has 0 spiro atoms. The average molecular weight is 302 g/mol. The summed E-state index contributed by atoms with van der Waals surface area (Å²) in [6.07, 6.45) is 5.24. The Morgan fingerprint density at radius 2 is 2.33 bits per heavy atom. The molecule has 1 aliphatic rings. The van der Waals surface area contributed by atoms with Crippen molar-refractivity contribution in [3.05, 3.63) is 52.0 Å². The highest BCUT2D eigenvalue weighted by atomic mass is 32.1. The molecule has 4 heteroatoms. The van der Waals surface area contributed by atoms with Gasteiger partial charge in [-0.25, -0.2) is 0 Å². The van der Waals surface area contributed by atoms with Crippen molar-refractivity contribution in [1.82, 2.24) is 10.3 Å². The molecule has 1 N–H and O–H groups in total. The van der Waals surface area contributed by atoms with E-state index in [4.69, 9.17) is 4.74 Å². The van der Waals surface area contributed by atoms with E-state index in [9.17, 15) is 0 Å². The van der Waals surface area contributed by atoms with Crippen molar-refractivity contribution >= 4 is 11.3 Å². The second-order valence-corrected chi connectivity index (χ2v) is 6.44. The predicted molar refractivity (Wildman–Crippen MR) is 86.7 cm³/mol. The first kappa shape index (κ1) is 14.7. The maximum Gasteiger partial charge on any atom is 0.0984 e. The number of benzene rings is 1. The van der Waals surface area contributed by atoms with Crippen LogP contribution in [-0.2, 0) is 17.6 Å². The van der Waals surface area contributed by atoms with Gasteiger partial charge in [-0.05, 0) is 30.5 Å². The third-order valence-electron chi connectivity index (χ3n) is 3.96. The molecule has 2 atom stereocenters. The van der Waals surface area contributed by atoms with Crippen molar-refractivity contribution in [2.24, 2.45) is 0 Å². The average Bonchev–Trinajstić information content (AvgIpc) is 3.04. The van der Waals surface area contributed by atoms with Gasteiger partial charge in [0.2, 0.25) is 0 Å². The van der Waals surface area contributed by atoms with Gasteiger partial charge in [-0.15, -0.1) is 11.3 Å². The standard InChI is InChI=1S/C17H22N2OS/c1-2-8-19-16(10-14-11-18-12-21-14)17-15-6-4-3-5-13(15)7-9-20-17/h3-6,11-12,16-17,19H,2,7-10H2,1H3. The molecule has 0 bridgehead atoms. The van der Waals surface area contributed by atoms with E-state index in [-0.39, 0.29) is 6.10 Å². The smallest absolute Gasteiger partial charge is 0.0984 e. The first-order valence-electron chi connectivity index (χ1n) is 7.68. The Balaban J connectivity index is 1.82. The lowest BCUT2D eigenvalue weighted by Crippen LogP contribution is -2.40. The molecule has 2 heterocycles. The number of hydrogen-bond donors (Lipinski definition) is 1. The minimum absolute atomic E-state index is 0.142. The molecule has 1 aromatic carbocycles. The molecule has 0 radical (unpaired) electrons. The van der Waals surface area contributed by atoms with Crippen LogP contribution in [0, 0.1) is 0 Å². The summed E-state index contributed by atoms with van der Waals surface area (Å²) in [4.78, 5) is 5.51. The van der Waals surface area contributed by atoms with Crippen LogP contribution in [0.4, 0.5) is 0 Å². The SMILES string of the molecule is CCCNC(Cc1cncs1)C1OCCc2ccccc21. The minimum Gasteiger partial charge on any atom is -0.372 e. The van der Waals surface area contributed by atoms with Crippen LogP contribution in [0.25, 0.3) is 0 Å². The minimum atomic E-state index is 0.142. The Morgan fingerprint density at radius 1 is 1.43 bits per heavy atom. The number of nitrogens with one attached hydrogen (secondary N) is 1. The number of thiazole rings is 1. The highest BCUT2D eigenvalue weighted by Crippen LogP contribution is 2.31. The maximum atomic E-state index is 6.13. The molecule has 3 rings (SSSR count). The molecule has 112 valence electrons. The van der Waals surface area contributed by atoms with Crippen LogP contribution in [0.2, 0.25) is 0 Å². The number of fused-ring (bicyclic) bond motifs is 1. The zero-order valence-electron chi connectivity index (χ0n) is 12.4.